The van der Waals surface area contributed by atoms with Gasteiger partial charge in [-0.3, -0.25) is 9.69 Å². The monoisotopic (exact) mass is 368 g/mol. The smallest absolute Gasteiger partial charge is 0.264 e. The van der Waals surface area contributed by atoms with Crippen LogP contribution in [0.15, 0.2) is 6.07 Å². The minimum atomic E-state index is -2.84. The lowest BCUT2D eigenvalue weighted by atomic mass is 9.99. The number of fused-ring (bicyclic) bond motifs is 1. The highest BCUT2D eigenvalue weighted by Crippen LogP contribution is 2.30. The third kappa shape index (κ3) is 3.26. The van der Waals surface area contributed by atoms with Crippen LogP contribution in [0.25, 0.3) is 0 Å². The molecule has 1 aliphatic carbocycles. The van der Waals surface area contributed by atoms with Gasteiger partial charge in [0.25, 0.3) is 5.91 Å². The largest absolute Gasteiger partial charge is 0.335 e. The Bertz CT molecular complexity index is 710. The van der Waals surface area contributed by atoms with Gasteiger partial charge in [0, 0.05) is 37.1 Å². The summed E-state index contributed by atoms with van der Waals surface area (Å²) >= 11 is 1.68. The fourth-order valence-corrected chi connectivity index (χ4v) is 7.09. The van der Waals surface area contributed by atoms with Gasteiger partial charge in [-0.25, -0.2) is 8.42 Å². The molecule has 0 radical (unpaired) electrons. The molecule has 0 N–H and O–H groups in total. The van der Waals surface area contributed by atoms with Gasteiger partial charge in [0.2, 0.25) is 0 Å². The number of carbonyl (C=O) groups excluding carboxylic acids is 1. The van der Waals surface area contributed by atoms with Gasteiger partial charge in [0.1, 0.15) is 0 Å². The minimum Gasteiger partial charge on any atom is -0.335 e. The molecule has 1 amide bonds. The molecule has 7 heteroatoms. The van der Waals surface area contributed by atoms with E-state index in [9.17, 15) is 13.2 Å². The van der Waals surface area contributed by atoms with E-state index >= 15 is 0 Å². The standard InChI is InChI=1S/C17H24N2O3S2/c20-17(16-11-13-3-1-2-4-15(13)23-16)19-8-6-18(7-9-19)14-5-10-24(21,22)12-14/h11,14H,1-10,12H2/t14-/m1/s1. The fourth-order valence-electron chi connectivity index (χ4n) is 4.11. The maximum atomic E-state index is 12.8. The van der Waals surface area contributed by atoms with Gasteiger partial charge in [-0.05, 0) is 43.7 Å². The number of rotatable bonds is 2. The van der Waals surface area contributed by atoms with Crippen LogP contribution in [0.4, 0.5) is 0 Å². The SMILES string of the molecule is O=C(c1cc2c(s1)CCCC2)N1CCN([C@@H]2CCS(=O)(=O)C2)CC1. The number of sulfone groups is 1. The first-order valence-electron chi connectivity index (χ1n) is 8.87. The lowest BCUT2D eigenvalue weighted by Crippen LogP contribution is -2.52. The molecular formula is C17H24N2O3S2. The number of hydrogen-bond donors (Lipinski definition) is 0. The van der Waals surface area contributed by atoms with Gasteiger partial charge in [-0.2, -0.15) is 0 Å². The van der Waals surface area contributed by atoms with Gasteiger partial charge in [-0.15, -0.1) is 11.3 Å². The second-order valence-corrected chi connectivity index (χ2v) is 10.5. The Hall–Kier alpha value is -0.920. The maximum Gasteiger partial charge on any atom is 0.264 e. The quantitative estimate of drug-likeness (QED) is 0.795. The first kappa shape index (κ1) is 16.5. The predicted molar refractivity (Wildman–Crippen MR) is 95.5 cm³/mol. The normalized spacial score (nSPS) is 27.2. The third-order valence-corrected chi connectivity index (χ3v) is 8.51. The summed E-state index contributed by atoms with van der Waals surface area (Å²) in [5.41, 5.74) is 1.38. The third-order valence-electron chi connectivity index (χ3n) is 5.53. The van der Waals surface area contributed by atoms with Crippen molar-refractivity contribution in [2.24, 2.45) is 0 Å². The molecule has 1 aromatic heterocycles. The Labute approximate surface area is 147 Å². The fraction of sp³-hybridized carbons (Fsp3) is 0.706. The Balaban J connectivity index is 1.37. The average molecular weight is 369 g/mol. The molecule has 24 heavy (non-hydrogen) atoms. The molecular weight excluding hydrogens is 344 g/mol. The van der Waals surface area contributed by atoms with E-state index in [0.29, 0.717) is 24.6 Å². The van der Waals surface area contributed by atoms with E-state index in [1.54, 1.807) is 11.3 Å². The predicted octanol–water partition coefficient (Wildman–Crippen LogP) is 1.57. The molecule has 0 aromatic carbocycles. The van der Waals surface area contributed by atoms with Crippen molar-refractivity contribution in [1.29, 1.82) is 0 Å². The zero-order chi connectivity index (χ0) is 16.7. The van der Waals surface area contributed by atoms with Crippen LogP contribution in [-0.4, -0.2) is 67.9 Å². The van der Waals surface area contributed by atoms with Crippen molar-refractivity contribution < 1.29 is 13.2 Å². The van der Waals surface area contributed by atoms with Crippen molar-refractivity contribution >= 4 is 27.1 Å². The number of piperazine rings is 1. The van der Waals surface area contributed by atoms with Gasteiger partial charge in [0.15, 0.2) is 9.84 Å². The number of hydrogen-bond acceptors (Lipinski definition) is 5. The lowest BCUT2D eigenvalue weighted by molar-refractivity contribution is 0.0592. The van der Waals surface area contributed by atoms with Crippen LogP contribution in [0.5, 0.6) is 0 Å². The number of nitrogens with zero attached hydrogens (tertiary/aromatic N) is 2. The van der Waals surface area contributed by atoms with Crippen molar-refractivity contribution in [2.75, 3.05) is 37.7 Å². The molecule has 3 heterocycles. The molecule has 4 rings (SSSR count). The van der Waals surface area contributed by atoms with Crippen LogP contribution >= 0.6 is 11.3 Å². The summed E-state index contributed by atoms with van der Waals surface area (Å²) in [4.78, 5) is 19.3. The molecule has 132 valence electrons. The summed E-state index contributed by atoms with van der Waals surface area (Å²) in [6.07, 6.45) is 5.46. The summed E-state index contributed by atoms with van der Waals surface area (Å²) in [6.45, 7) is 2.99. The van der Waals surface area contributed by atoms with Crippen LogP contribution in [0.2, 0.25) is 0 Å². The van der Waals surface area contributed by atoms with Crippen LogP contribution in [0.1, 0.15) is 39.4 Å². The first-order chi connectivity index (χ1) is 11.5. The molecule has 5 nitrogen and oxygen atoms in total. The average Bonchev–Trinajstić information content (AvgIpc) is 3.17. The molecule has 0 saturated carbocycles. The second-order valence-electron chi connectivity index (χ2n) is 7.15. The van der Waals surface area contributed by atoms with Crippen LogP contribution < -0.4 is 0 Å². The topological polar surface area (TPSA) is 57.7 Å². The highest BCUT2D eigenvalue weighted by atomic mass is 32.2. The van der Waals surface area contributed by atoms with E-state index in [4.69, 9.17) is 0 Å². The zero-order valence-corrected chi connectivity index (χ0v) is 15.5. The molecule has 1 atom stereocenters. The molecule has 0 spiro atoms. The van der Waals surface area contributed by atoms with Crippen LogP contribution in [0.3, 0.4) is 0 Å². The van der Waals surface area contributed by atoms with Crippen LogP contribution in [-0.2, 0) is 22.7 Å². The zero-order valence-electron chi connectivity index (χ0n) is 13.9. The summed E-state index contributed by atoms with van der Waals surface area (Å²) in [5.74, 6) is 0.768. The van der Waals surface area contributed by atoms with Crippen molar-refractivity contribution in [3.63, 3.8) is 0 Å². The number of thiophene rings is 1. The highest BCUT2D eigenvalue weighted by molar-refractivity contribution is 7.91. The summed E-state index contributed by atoms with van der Waals surface area (Å²) < 4.78 is 23.3. The Morgan fingerprint density at radius 1 is 1.12 bits per heavy atom. The maximum absolute atomic E-state index is 12.8. The van der Waals surface area contributed by atoms with Gasteiger partial charge in [-0.1, -0.05) is 0 Å². The van der Waals surface area contributed by atoms with Crippen molar-refractivity contribution in [1.82, 2.24) is 9.80 Å². The summed E-state index contributed by atoms with van der Waals surface area (Å²) in [7, 11) is -2.84. The minimum absolute atomic E-state index is 0.154. The van der Waals surface area contributed by atoms with Gasteiger partial charge >= 0.3 is 0 Å². The van der Waals surface area contributed by atoms with E-state index in [1.807, 2.05) is 4.90 Å². The first-order valence-corrected chi connectivity index (χ1v) is 11.5. The molecule has 2 aliphatic heterocycles. The number of amides is 1. The van der Waals surface area contributed by atoms with E-state index < -0.39 is 9.84 Å². The van der Waals surface area contributed by atoms with Crippen molar-refractivity contribution in [3.05, 3.63) is 21.4 Å². The molecule has 2 saturated heterocycles. The summed E-state index contributed by atoms with van der Waals surface area (Å²) in [5, 5.41) is 0. The Morgan fingerprint density at radius 3 is 2.54 bits per heavy atom. The number of carbonyl (C=O) groups is 1. The molecule has 2 fully saturated rings. The van der Waals surface area contributed by atoms with Gasteiger partial charge < -0.3 is 4.90 Å². The Kier molecular flexibility index (Phi) is 4.43. The van der Waals surface area contributed by atoms with E-state index in [-0.39, 0.29) is 11.9 Å². The Morgan fingerprint density at radius 2 is 1.88 bits per heavy atom. The second kappa shape index (κ2) is 6.42. The molecule has 0 unspecified atom stereocenters. The van der Waals surface area contributed by atoms with E-state index in [0.717, 1.165) is 37.2 Å². The van der Waals surface area contributed by atoms with E-state index in [2.05, 4.69) is 11.0 Å². The number of aryl methyl sites for hydroxylation is 2. The molecule has 0 bridgehead atoms. The van der Waals surface area contributed by atoms with Crippen LogP contribution in [0, 0.1) is 0 Å². The van der Waals surface area contributed by atoms with Crippen molar-refractivity contribution in [2.45, 2.75) is 38.1 Å². The van der Waals surface area contributed by atoms with E-state index in [1.165, 1.54) is 23.3 Å². The lowest BCUT2D eigenvalue weighted by Gasteiger charge is -2.37. The summed E-state index contributed by atoms with van der Waals surface area (Å²) in [6, 6.07) is 2.26. The van der Waals surface area contributed by atoms with Gasteiger partial charge in [0.05, 0.1) is 16.4 Å². The molecule has 3 aliphatic rings. The highest BCUT2D eigenvalue weighted by Gasteiger charge is 2.34. The van der Waals surface area contributed by atoms with Crippen molar-refractivity contribution in [3.8, 4) is 0 Å². The molecule has 1 aromatic rings.